The maximum atomic E-state index is 4.43. The topological polar surface area (TPSA) is 42.7 Å². The van der Waals surface area contributed by atoms with E-state index in [4.69, 9.17) is 0 Å². The fraction of sp³-hybridized carbons (Fsp3) is 0.500. The second kappa shape index (κ2) is 7.71. The zero-order valence-corrected chi connectivity index (χ0v) is 14.5. The van der Waals surface area contributed by atoms with E-state index in [1.54, 1.807) is 6.33 Å². The Kier molecular flexibility index (Phi) is 5.94. The maximum absolute atomic E-state index is 4.43. The van der Waals surface area contributed by atoms with E-state index in [9.17, 15) is 0 Å². The van der Waals surface area contributed by atoms with Gasteiger partial charge in [-0.25, -0.2) is 4.98 Å². The van der Waals surface area contributed by atoms with Crippen LogP contribution in [-0.4, -0.2) is 21.3 Å². The van der Waals surface area contributed by atoms with E-state index in [2.05, 4.69) is 70.3 Å². The predicted molar refractivity (Wildman–Crippen MR) is 89.3 cm³/mol. The number of likely N-dealkylation sites (N-methyl/N-ethyl adjacent to an activating group) is 1. The molecular formula is C16H23BrN4. The normalized spacial score (nSPS) is 12.6. The fourth-order valence-corrected chi connectivity index (χ4v) is 3.02. The van der Waals surface area contributed by atoms with E-state index in [-0.39, 0.29) is 6.04 Å². The molecule has 0 spiro atoms. The largest absolute Gasteiger partial charge is 0.310 e. The minimum Gasteiger partial charge on any atom is -0.310 e. The molecule has 2 rings (SSSR count). The van der Waals surface area contributed by atoms with Crippen LogP contribution >= 0.6 is 15.9 Å². The molecule has 1 atom stereocenters. The van der Waals surface area contributed by atoms with Gasteiger partial charge in [0.15, 0.2) is 0 Å². The lowest BCUT2D eigenvalue weighted by molar-refractivity contribution is 0.497. The Bertz CT molecular complexity index is 579. The van der Waals surface area contributed by atoms with Crippen molar-refractivity contribution in [3.8, 4) is 0 Å². The smallest absolute Gasteiger partial charge is 0.138 e. The van der Waals surface area contributed by atoms with Crippen LogP contribution in [0.2, 0.25) is 0 Å². The van der Waals surface area contributed by atoms with Crippen LogP contribution in [0.4, 0.5) is 0 Å². The van der Waals surface area contributed by atoms with E-state index < -0.39 is 0 Å². The zero-order valence-electron chi connectivity index (χ0n) is 12.9. The van der Waals surface area contributed by atoms with Crippen molar-refractivity contribution in [2.75, 3.05) is 6.54 Å². The quantitative estimate of drug-likeness (QED) is 0.828. The molecule has 0 bridgehead atoms. The van der Waals surface area contributed by atoms with E-state index >= 15 is 0 Å². The van der Waals surface area contributed by atoms with Gasteiger partial charge in [0.25, 0.3) is 0 Å². The van der Waals surface area contributed by atoms with Crippen LogP contribution < -0.4 is 5.32 Å². The molecule has 1 heterocycles. The van der Waals surface area contributed by atoms with Gasteiger partial charge >= 0.3 is 0 Å². The highest BCUT2D eigenvalue weighted by Gasteiger charge is 2.17. The summed E-state index contributed by atoms with van der Waals surface area (Å²) in [4.78, 5) is 4.43. The Morgan fingerprint density at radius 3 is 2.86 bits per heavy atom. The molecule has 1 aromatic carbocycles. The molecular weight excluding hydrogens is 328 g/mol. The number of rotatable bonds is 7. The summed E-state index contributed by atoms with van der Waals surface area (Å²) in [5, 5.41) is 7.88. The van der Waals surface area contributed by atoms with Crippen molar-refractivity contribution in [2.24, 2.45) is 0 Å². The van der Waals surface area contributed by atoms with Gasteiger partial charge in [-0.15, -0.1) is 0 Å². The van der Waals surface area contributed by atoms with Gasteiger partial charge in [-0.3, -0.25) is 4.68 Å². The standard InChI is InChI=1S/C16H23BrN4/c1-4-8-21-16(19-11-20-21)10-15(18-5-2)13-9-12(3)6-7-14(13)17/h6-7,9,11,15,18H,4-5,8,10H2,1-3H3. The first-order valence-corrected chi connectivity index (χ1v) is 8.31. The molecule has 0 amide bonds. The number of nitrogens with zero attached hydrogens (tertiary/aromatic N) is 3. The summed E-state index contributed by atoms with van der Waals surface area (Å²) in [6.45, 7) is 8.26. The van der Waals surface area contributed by atoms with Crippen molar-refractivity contribution in [2.45, 2.75) is 46.2 Å². The lowest BCUT2D eigenvalue weighted by Crippen LogP contribution is -2.25. The Morgan fingerprint density at radius 2 is 2.14 bits per heavy atom. The molecule has 2 aromatic rings. The number of nitrogens with one attached hydrogen (secondary N) is 1. The molecule has 0 radical (unpaired) electrons. The predicted octanol–water partition coefficient (Wildman–Crippen LogP) is 3.65. The number of aryl methyl sites for hydroxylation is 2. The van der Waals surface area contributed by atoms with E-state index in [0.29, 0.717) is 0 Å². The summed E-state index contributed by atoms with van der Waals surface area (Å²) < 4.78 is 3.15. The number of aromatic nitrogens is 3. The average Bonchev–Trinajstić information content (AvgIpc) is 2.89. The molecule has 114 valence electrons. The molecule has 21 heavy (non-hydrogen) atoms. The molecule has 5 heteroatoms. The molecule has 0 aliphatic rings. The summed E-state index contributed by atoms with van der Waals surface area (Å²) in [5.41, 5.74) is 2.55. The Balaban J connectivity index is 2.26. The van der Waals surface area contributed by atoms with Crippen LogP contribution in [0.1, 0.15) is 43.3 Å². The van der Waals surface area contributed by atoms with Gasteiger partial charge in [-0.1, -0.05) is 47.5 Å². The van der Waals surface area contributed by atoms with Gasteiger partial charge in [-0.05, 0) is 31.5 Å². The molecule has 0 saturated carbocycles. The molecule has 1 N–H and O–H groups in total. The van der Waals surface area contributed by atoms with Crippen LogP contribution in [0.15, 0.2) is 29.0 Å². The third-order valence-electron chi connectivity index (χ3n) is 3.50. The fourth-order valence-electron chi connectivity index (χ4n) is 2.50. The van der Waals surface area contributed by atoms with Crippen LogP contribution in [0.5, 0.6) is 0 Å². The molecule has 0 fully saturated rings. The molecule has 0 aliphatic carbocycles. The van der Waals surface area contributed by atoms with E-state index in [1.165, 1.54) is 11.1 Å². The monoisotopic (exact) mass is 350 g/mol. The highest BCUT2D eigenvalue weighted by molar-refractivity contribution is 9.10. The van der Waals surface area contributed by atoms with Gasteiger partial charge in [-0.2, -0.15) is 5.10 Å². The van der Waals surface area contributed by atoms with Crippen LogP contribution in [0.25, 0.3) is 0 Å². The first-order chi connectivity index (χ1) is 10.2. The SMILES string of the molecule is CCCn1ncnc1CC(NCC)c1cc(C)ccc1Br. The molecule has 0 aliphatic heterocycles. The van der Waals surface area contributed by atoms with Crippen molar-refractivity contribution in [3.63, 3.8) is 0 Å². The highest BCUT2D eigenvalue weighted by atomic mass is 79.9. The molecule has 1 unspecified atom stereocenters. The summed E-state index contributed by atoms with van der Waals surface area (Å²) in [7, 11) is 0. The lowest BCUT2D eigenvalue weighted by atomic mass is 10.0. The Morgan fingerprint density at radius 1 is 1.33 bits per heavy atom. The van der Waals surface area contributed by atoms with Crippen molar-refractivity contribution >= 4 is 15.9 Å². The average molecular weight is 351 g/mol. The summed E-state index contributed by atoms with van der Waals surface area (Å²) in [5.74, 6) is 1.04. The van der Waals surface area contributed by atoms with Crippen LogP contribution in [-0.2, 0) is 13.0 Å². The summed E-state index contributed by atoms with van der Waals surface area (Å²) >= 11 is 3.67. The molecule has 0 saturated heterocycles. The van der Waals surface area contributed by atoms with Crippen molar-refractivity contribution in [1.82, 2.24) is 20.1 Å². The first-order valence-electron chi connectivity index (χ1n) is 7.51. The minimum absolute atomic E-state index is 0.240. The van der Waals surface area contributed by atoms with E-state index in [1.807, 2.05) is 4.68 Å². The van der Waals surface area contributed by atoms with Crippen LogP contribution in [0.3, 0.4) is 0 Å². The minimum atomic E-state index is 0.240. The zero-order chi connectivity index (χ0) is 15.2. The first kappa shape index (κ1) is 16.2. The second-order valence-corrected chi connectivity index (χ2v) is 6.09. The number of benzene rings is 1. The Hall–Kier alpha value is -1.20. The van der Waals surface area contributed by atoms with Gasteiger partial charge in [0.05, 0.1) is 0 Å². The molecule has 4 nitrogen and oxygen atoms in total. The third-order valence-corrected chi connectivity index (χ3v) is 4.22. The van der Waals surface area contributed by atoms with Gasteiger partial charge in [0.2, 0.25) is 0 Å². The number of halogens is 1. The highest BCUT2D eigenvalue weighted by Crippen LogP contribution is 2.27. The van der Waals surface area contributed by atoms with Gasteiger partial charge in [0.1, 0.15) is 12.2 Å². The second-order valence-electron chi connectivity index (χ2n) is 5.24. The van der Waals surface area contributed by atoms with Crippen molar-refractivity contribution in [1.29, 1.82) is 0 Å². The maximum Gasteiger partial charge on any atom is 0.138 e. The lowest BCUT2D eigenvalue weighted by Gasteiger charge is -2.20. The van der Waals surface area contributed by atoms with Crippen molar-refractivity contribution in [3.05, 3.63) is 46.0 Å². The van der Waals surface area contributed by atoms with Crippen molar-refractivity contribution < 1.29 is 0 Å². The third kappa shape index (κ3) is 4.14. The molecule has 1 aromatic heterocycles. The van der Waals surface area contributed by atoms with Gasteiger partial charge in [0, 0.05) is 23.5 Å². The van der Waals surface area contributed by atoms with Gasteiger partial charge < -0.3 is 5.32 Å². The summed E-state index contributed by atoms with van der Waals surface area (Å²) in [6.07, 6.45) is 3.56. The number of hydrogen-bond acceptors (Lipinski definition) is 3. The van der Waals surface area contributed by atoms with Crippen LogP contribution in [0, 0.1) is 6.92 Å². The Labute approximate surface area is 135 Å². The van der Waals surface area contributed by atoms with E-state index in [0.717, 1.165) is 36.2 Å². The summed E-state index contributed by atoms with van der Waals surface area (Å²) in [6, 6.07) is 6.71. The number of hydrogen-bond donors (Lipinski definition) is 1.